The lowest BCUT2D eigenvalue weighted by Crippen LogP contribution is -2.55. The molecule has 1 unspecified atom stereocenters. The van der Waals surface area contributed by atoms with Crippen molar-refractivity contribution in [2.45, 2.75) is 64.1 Å². The van der Waals surface area contributed by atoms with E-state index in [2.05, 4.69) is 21.2 Å². The first kappa shape index (κ1) is 33.4. The maximum Gasteiger partial charge on any atom is 0.264 e. The topological polar surface area (TPSA) is 96.0 Å². The van der Waals surface area contributed by atoms with Crippen LogP contribution in [-0.4, -0.2) is 50.4 Å². The molecule has 0 saturated heterocycles. The number of rotatable bonds is 11. The number of benzene rings is 3. The van der Waals surface area contributed by atoms with Crippen LogP contribution in [0.3, 0.4) is 0 Å². The number of halogens is 2. The van der Waals surface area contributed by atoms with Crippen molar-refractivity contribution in [1.29, 1.82) is 0 Å². The summed E-state index contributed by atoms with van der Waals surface area (Å²) in [4.78, 5) is 29.0. The van der Waals surface area contributed by atoms with E-state index < -0.39 is 34.1 Å². The number of amides is 2. The second-order valence-electron chi connectivity index (χ2n) is 10.9. The number of nitrogens with one attached hydrogen (secondary N) is 1. The first-order valence-electron chi connectivity index (χ1n) is 13.5. The zero-order chi connectivity index (χ0) is 31.2. The van der Waals surface area contributed by atoms with Gasteiger partial charge in [0, 0.05) is 17.1 Å². The van der Waals surface area contributed by atoms with Gasteiger partial charge in [-0.25, -0.2) is 8.42 Å². The Morgan fingerprint density at radius 2 is 1.69 bits per heavy atom. The van der Waals surface area contributed by atoms with Crippen LogP contribution < -0.4 is 14.4 Å². The second kappa shape index (κ2) is 13.9. The van der Waals surface area contributed by atoms with Gasteiger partial charge in [0.15, 0.2) is 0 Å². The van der Waals surface area contributed by atoms with Crippen molar-refractivity contribution in [3.63, 3.8) is 0 Å². The third-order valence-electron chi connectivity index (χ3n) is 6.49. The molecule has 1 N–H and O–H groups in total. The molecular formula is C31H37BrClN3O5S. The zero-order valence-corrected chi connectivity index (χ0v) is 27.8. The molecule has 8 nitrogen and oxygen atoms in total. The maximum absolute atomic E-state index is 14.2. The van der Waals surface area contributed by atoms with Gasteiger partial charge in [0.05, 0.1) is 22.2 Å². The van der Waals surface area contributed by atoms with Crippen molar-refractivity contribution in [3.8, 4) is 5.75 Å². The summed E-state index contributed by atoms with van der Waals surface area (Å²) in [7, 11) is -2.75. The third-order valence-corrected chi connectivity index (χ3v) is 9.25. The van der Waals surface area contributed by atoms with Gasteiger partial charge in [-0.05, 0) is 92.0 Å². The summed E-state index contributed by atoms with van der Waals surface area (Å²) in [5.74, 6) is -0.426. The second-order valence-corrected chi connectivity index (χ2v) is 14.0. The number of ether oxygens (including phenoxy) is 1. The van der Waals surface area contributed by atoms with E-state index in [0.717, 1.165) is 9.87 Å². The molecule has 0 radical (unpaired) electrons. The Morgan fingerprint density at radius 1 is 1.05 bits per heavy atom. The van der Waals surface area contributed by atoms with Crippen LogP contribution in [0.1, 0.15) is 45.2 Å². The highest BCUT2D eigenvalue weighted by Gasteiger charge is 2.35. The van der Waals surface area contributed by atoms with Gasteiger partial charge in [0.2, 0.25) is 11.8 Å². The zero-order valence-electron chi connectivity index (χ0n) is 24.6. The number of sulfonamides is 1. The van der Waals surface area contributed by atoms with Gasteiger partial charge in [0.1, 0.15) is 18.3 Å². The summed E-state index contributed by atoms with van der Waals surface area (Å²) in [6.45, 7) is 8.75. The SMILES string of the molecule is CCC(C(=O)NC(C)(C)C)N(Cc1ccccc1Cl)C(=O)CN(c1ccc(C)cc1)S(=O)(=O)c1ccc(OC)c(Br)c1. The standard InChI is InChI=1S/C31H37BrClN3O5S/c1-7-27(30(38)34-31(3,4)5)35(19-22-10-8-9-11-26(22)33)29(37)20-36(23-14-12-21(2)13-15-23)42(39,40)24-16-17-28(41-6)25(32)18-24/h8-18,27H,7,19-20H2,1-6H3,(H,34,38). The van der Waals surface area contributed by atoms with E-state index >= 15 is 0 Å². The molecule has 2 amide bonds. The smallest absolute Gasteiger partial charge is 0.264 e. The lowest BCUT2D eigenvalue weighted by Gasteiger charge is -2.35. The number of aryl methyl sites for hydroxylation is 1. The lowest BCUT2D eigenvalue weighted by molar-refractivity contribution is -0.141. The van der Waals surface area contributed by atoms with Gasteiger partial charge in [-0.15, -0.1) is 0 Å². The van der Waals surface area contributed by atoms with E-state index in [9.17, 15) is 18.0 Å². The van der Waals surface area contributed by atoms with Crippen LogP contribution in [0.5, 0.6) is 5.75 Å². The van der Waals surface area contributed by atoms with E-state index in [4.69, 9.17) is 16.3 Å². The molecule has 3 rings (SSSR count). The highest BCUT2D eigenvalue weighted by Crippen LogP contribution is 2.31. The van der Waals surface area contributed by atoms with Crippen LogP contribution in [0.25, 0.3) is 0 Å². The number of hydrogen-bond acceptors (Lipinski definition) is 5. The Hall–Kier alpha value is -3.08. The average molecular weight is 679 g/mol. The van der Waals surface area contributed by atoms with Crippen LogP contribution >= 0.6 is 27.5 Å². The molecule has 11 heteroatoms. The molecule has 0 heterocycles. The van der Waals surface area contributed by atoms with Crippen LogP contribution in [0, 0.1) is 6.92 Å². The highest BCUT2D eigenvalue weighted by atomic mass is 79.9. The highest BCUT2D eigenvalue weighted by molar-refractivity contribution is 9.10. The molecule has 0 aromatic heterocycles. The van der Waals surface area contributed by atoms with Crippen molar-refractivity contribution in [2.75, 3.05) is 18.0 Å². The number of hydrogen-bond donors (Lipinski definition) is 1. The summed E-state index contributed by atoms with van der Waals surface area (Å²) in [6.07, 6.45) is 0.306. The van der Waals surface area contributed by atoms with Gasteiger partial charge in [-0.2, -0.15) is 0 Å². The van der Waals surface area contributed by atoms with Crippen LogP contribution in [0.4, 0.5) is 5.69 Å². The minimum absolute atomic E-state index is 0.0183. The van der Waals surface area contributed by atoms with E-state index in [1.54, 1.807) is 54.6 Å². The summed E-state index contributed by atoms with van der Waals surface area (Å²) in [5, 5.41) is 3.39. The summed E-state index contributed by atoms with van der Waals surface area (Å²) in [6, 6.07) is 17.5. The molecule has 42 heavy (non-hydrogen) atoms. The number of nitrogens with zero attached hydrogens (tertiary/aromatic N) is 2. The molecular weight excluding hydrogens is 642 g/mol. The minimum atomic E-state index is -4.23. The molecule has 3 aromatic carbocycles. The fourth-order valence-corrected chi connectivity index (χ4v) is 6.69. The number of carbonyl (C=O) groups is 2. The molecule has 0 aliphatic rings. The number of methoxy groups -OCH3 is 1. The van der Waals surface area contributed by atoms with Crippen LogP contribution in [0.15, 0.2) is 76.1 Å². The molecule has 0 bridgehead atoms. The molecule has 1 atom stereocenters. The first-order valence-corrected chi connectivity index (χ1v) is 16.1. The van der Waals surface area contributed by atoms with Crippen LogP contribution in [0.2, 0.25) is 5.02 Å². The normalized spacial score (nSPS) is 12.4. The van der Waals surface area contributed by atoms with Crippen molar-refractivity contribution in [2.24, 2.45) is 0 Å². The van der Waals surface area contributed by atoms with Gasteiger partial charge < -0.3 is 15.0 Å². The van der Waals surface area contributed by atoms with Crippen molar-refractivity contribution in [1.82, 2.24) is 10.2 Å². The van der Waals surface area contributed by atoms with E-state index in [1.807, 2.05) is 34.6 Å². The minimum Gasteiger partial charge on any atom is -0.496 e. The van der Waals surface area contributed by atoms with Crippen molar-refractivity contribution >= 4 is 55.1 Å². The first-order chi connectivity index (χ1) is 19.7. The average Bonchev–Trinajstić information content (AvgIpc) is 2.92. The van der Waals surface area contributed by atoms with Gasteiger partial charge in [-0.3, -0.25) is 13.9 Å². The van der Waals surface area contributed by atoms with Gasteiger partial charge in [0.25, 0.3) is 10.0 Å². The molecule has 0 saturated carbocycles. The molecule has 0 aliphatic heterocycles. The molecule has 3 aromatic rings. The largest absolute Gasteiger partial charge is 0.496 e. The molecule has 0 fully saturated rings. The van der Waals surface area contributed by atoms with Crippen LogP contribution in [-0.2, 0) is 26.2 Å². The molecule has 0 aliphatic carbocycles. The van der Waals surface area contributed by atoms with E-state index in [0.29, 0.717) is 32.9 Å². The van der Waals surface area contributed by atoms with Gasteiger partial charge in [-0.1, -0.05) is 54.4 Å². The molecule has 226 valence electrons. The quantitative estimate of drug-likeness (QED) is 0.256. The van der Waals surface area contributed by atoms with Crippen molar-refractivity contribution < 1.29 is 22.7 Å². The third kappa shape index (κ3) is 8.26. The fourth-order valence-electron chi connectivity index (χ4n) is 4.36. The predicted octanol–water partition coefficient (Wildman–Crippen LogP) is 6.34. The Morgan fingerprint density at radius 3 is 2.24 bits per heavy atom. The summed E-state index contributed by atoms with van der Waals surface area (Å²) >= 11 is 9.82. The summed E-state index contributed by atoms with van der Waals surface area (Å²) in [5.41, 5.74) is 1.34. The predicted molar refractivity (Wildman–Crippen MR) is 170 cm³/mol. The van der Waals surface area contributed by atoms with Crippen molar-refractivity contribution in [3.05, 3.63) is 87.4 Å². The Bertz CT molecular complexity index is 1520. The summed E-state index contributed by atoms with van der Waals surface area (Å²) < 4.78 is 35.0. The van der Waals surface area contributed by atoms with Gasteiger partial charge >= 0.3 is 0 Å². The lowest BCUT2D eigenvalue weighted by atomic mass is 10.1. The number of anilines is 1. The monoisotopic (exact) mass is 677 g/mol. The fraction of sp³-hybridized carbons (Fsp3) is 0.355. The number of carbonyl (C=O) groups excluding carboxylic acids is 2. The molecule has 0 spiro atoms. The maximum atomic E-state index is 14.2. The Kier molecular flexibility index (Phi) is 11.1. The Balaban J connectivity index is 2.10. The van der Waals surface area contributed by atoms with E-state index in [-0.39, 0.29) is 17.3 Å². The Labute approximate surface area is 262 Å². The van der Waals surface area contributed by atoms with E-state index in [1.165, 1.54) is 24.1 Å².